The number of aryl methyl sites for hydroxylation is 2. The number of hydrogen-bond donors (Lipinski definition) is 2. The van der Waals surface area contributed by atoms with E-state index in [1.165, 1.54) is 16.7 Å². The monoisotopic (exact) mass is 205 g/mol. The van der Waals surface area contributed by atoms with Crippen LogP contribution in [-0.2, 0) is 0 Å². The normalized spacial score (nSPS) is 10.1. The van der Waals surface area contributed by atoms with Crippen LogP contribution in [0.15, 0.2) is 12.1 Å². The van der Waals surface area contributed by atoms with E-state index in [9.17, 15) is 0 Å². The number of nitrogens with two attached hydrogens (primary N) is 1. The fraction of sp³-hybridized carbons (Fsp3) is 0.462. The van der Waals surface area contributed by atoms with Gasteiger partial charge < -0.3 is 5.32 Å². The molecule has 0 aromatic heterocycles. The third-order valence-corrected chi connectivity index (χ3v) is 2.59. The smallest absolute Gasteiger partial charge is 0.182 e. The summed E-state index contributed by atoms with van der Waals surface area (Å²) in [5.41, 5.74) is 5.83. The summed E-state index contributed by atoms with van der Waals surface area (Å²) < 4.78 is 0. The van der Waals surface area contributed by atoms with Gasteiger partial charge in [0.25, 0.3) is 0 Å². The fourth-order valence-corrected chi connectivity index (χ4v) is 1.99. The van der Waals surface area contributed by atoms with Gasteiger partial charge in [-0.15, -0.1) is 0 Å². The maximum Gasteiger partial charge on any atom is 0.182 e. The molecule has 0 amide bonds. The summed E-state index contributed by atoms with van der Waals surface area (Å²) in [6.07, 6.45) is 2.04. The molecule has 0 spiro atoms. The molecule has 0 saturated carbocycles. The van der Waals surface area contributed by atoms with Crippen molar-refractivity contribution in [3.63, 3.8) is 0 Å². The standard InChI is InChI=1S/C13H20N2/c1-5-6-11(14)13-10(3)7-9(2)8-12(13)15-4/h7-8,14-15H,5-6H2,1-4H3/p+1. The Kier molecular flexibility index (Phi) is 3.89. The third-order valence-electron chi connectivity index (χ3n) is 2.59. The summed E-state index contributed by atoms with van der Waals surface area (Å²) in [6, 6.07) is 4.32. The van der Waals surface area contributed by atoms with Crippen LogP contribution in [0.2, 0.25) is 0 Å². The lowest BCUT2D eigenvalue weighted by Gasteiger charge is -2.11. The van der Waals surface area contributed by atoms with Crippen molar-refractivity contribution < 1.29 is 5.41 Å². The van der Waals surface area contributed by atoms with E-state index in [4.69, 9.17) is 5.41 Å². The van der Waals surface area contributed by atoms with Gasteiger partial charge in [-0.05, 0) is 37.5 Å². The minimum atomic E-state index is 0.957. The van der Waals surface area contributed by atoms with Crippen LogP contribution in [0, 0.1) is 13.8 Å². The van der Waals surface area contributed by atoms with Gasteiger partial charge in [-0.25, -0.2) is 0 Å². The molecule has 0 atom stereocenters. The summed E-state index contributed by atoms with van der Waals surface area (Å²) in [6.45, 7) is 6.37. The maximum atomic E-state index is 6.11. The molecule has 3 N–H and O–H groups in total. The first-order valence-electron chi connectivity index (χ1n) is 5.50. The van der Waals surface area contributed by atoms with E-state index in [2.05, 4.69) is 38.2 Å². The van der Waals surface area contributed by atoms with Crippen molar-refractivity contribution in [1.82, 2.24) is 0 Å². The highest BCUT2D eigenvalue weighted by Crippen LogP contribution is 2.22. The van der Waals surface area contributed by atoms with E-state index in [1.807, 2.05) is 7.05 Å². The van der Waals surface area contributed by atoms with Crippen LogP contribution < -0.4 is 10.7 Å². The van der Waals surface area contributed by atoms with Crippen molar-refractivity contribution in [2.75, 3.05) is 12.4 Å². The largest absolute Gasteiger partial charge is 0.387 e. The Morgan fingerprint density at radius 1 is 1.33 bits per heavy atom. The zero-order valence-corrected chi connectivity index (χ0v) is 10.1. The van der Waals surface area contributed by atoms with E-state index >= 15 is 0 Å². The molecule has 0 aliphatic rings. The first kappa shape index (κ1) is 11.8. The van der Waals surface area contributed by atoms with Crippen molar-refractivity contribution >= 4 is 11.4 Å². The van der Waals surface area contributed by atoms with E-state index in [0.717, 1.165) is 24.2 Å². The van der Waals surface area contributed by atoms with E-state index in [0.29, 0.717) is 0 Å². The molecule has 0 radical (unpaired) electrons. The van der Waals surface area contributed by atoms with Crippen molar-refractivity contribution in [3.8, 4) is 0 Å². The highest BCUT2D eigenvalue weighted by Gasteiger charge is 2.14. The van der Waals surface area contributed by atoms with Crippen LogP contribution in [0.5, 0.6) is 0 Å². The van der Waals surface area contributed by atoms with Crippen molar-refractivity contribution in [1.29, 1.82) is 0 Å². The molecule has 0 fully saturated rings. The minimum absolute atomic E-state index is 0.957. The Bertz CT molecular complexity index is 367. The second-order valence-electron chi connectivity index (χ2n) is 4.03. The highest BCUT2D eigenvalue weighted by atomic mass is 14.8. The lowest BCUT2D eigenvalue weighted by Crippen LogP contribution is -2.41. The molecule has 0 heterocycles. The molecular weight excluding hydrogens is 184 g/mol. The molecule has 1 aromatic rings. The number of anilines is 1. The number of nitrogens with one attached hydrogen (secondary N) is 1. The number of rotatable bonds is 4. The van der Waals surface area contributed by atoms with E-state index in [1.54, 1.807) is 0 Å². The van der Waals surface area contributed by atoms with Crippen molar-refractivity contribution in [3.05, 3.63) is 28.8 Å². The number of benzene rings is 1. The van der Waals surface area contributed by atoms with E-state index in [-0.39, 0.29) is 0 Å². The molecule has 1 rings (SSSR count). The summed E-state index contributed by atoms with van der Waals surface area (Å²) in [4.78, 5) is 0. The predicted octanol–water partition coefficient (Wildman–Crippen LogP) is 1.69. The summed E-state index contributed by atoms with van der Waals surface area (Å²) >= 11 is 0. The predicted molar refractivity (Wildman–Crippen MR) is 66.4 cm³/mol. The highest BCUT2D eigenvalue weighted by molar-refractivity contribution is 6.02. The molecule has 2 nitrogen and oxygen atoms in total. The van der Waals surface area contributed by atoms with E-state index < -0.39 is 0 Å². The van der Waals surface area contributed by atoms with Crippen molar-refractivity contribution in [2.24, 2.45) is 0 Å². The zero-order valence-electron chi connectivity index (χ0n) is 10.1. The van der Waals surface area contributed by atoms with Gasteiger partial charge in [0.05, 0.1) is 5.56 Å². The van der Waals surface area contributed by atoms with Crippen LogP contribution in [0.1, 0.15) is 36.5 Å². The average Bonchev–Trinajstić information content (AvgIpc) is 2.16. The van der Waals surface area contributed by atoms with Crippen LogP contribution in [0.4, 0.5) is 5.69 Å². The van der Waals surface area contributed by atoms with Gasteiger partial charge in [0.15, 0.2) is 5.71 Å². The van der Waals surface area contributed by atoms with Gasteiger partial charge in [0.1, 0.15) is 0 Å². The van der Waals surface area contributed by atoms with Gasteiger partial charge in [-0.2, -0.15) is 0 Å². The Hall–Kier alpha value is -1.31. The average molecular weight is 205 g/mol. The van der Waals surface area contributed by atoms with Crippen LogP contribution >= 0.6 is 0 Å². The summed E-state index contributed by atoms with van der Waals surface area (Å²) in [5.74, 6) is 0. The van der Waals surface area contributed by atoms with Gasteiger partial charge in [0.2, 0.25) is 0 Å². The fourth-order valence-electron chi connectivity index (χ4n) is 1.99. The SMILES string of the molecule is CCCC(=[NH2+])c1c(C)cc(C)cc1NC. The molecule has 82 valence electrons. The Labute approximate surface area is 92.2 Å². The quantitative estimate of drug-likeness (QED) is 0.721. The number of hydrogen-bond acceptors (Lipinski definition) is 1. The molecule has 1 aromatic carbocycles. The molecule has 0 bridgehead atoms. The van der Waals surface area contributed by atoms with Crippen molar-refractivity contribution in [2.45, 2.75) is 33.6 Å². The van der Waals surface area contributed by atoms with Crippen LogP contribution in [-0.4, -0.2) is 12.8 Å². The lowest BCUT2D eigenvalue weighted by atomic mass is 9.97. The second kappa shape index (κ2) is 4.96. The molecule has 0 aliphatic carbocycles. The van der Waals surface area contributed by atoms with Gasteiger partial charge >= 0.3 is 0 Å². The molecule has 15 heavy (non-hydrogen) atoms. The van der Waals surface area contributed by atoms with Gasteiger partial charge in [0, 0.05) is 19.2 Å². The summed E-state index contributed by atoms with van der Waals surface area (Å²) in [7, 11) is 1.94. The molecule has 0 saturated heterocycles. The topological polar surface area (TPSA) is 37.6 Å². The Balaban J connectivity index is 3.20. The Morgan fingerprint density at radius 2 is 2.00 bits per heavy atom. The first-order chi connectivity index (χ1) is 7.10. The third kappa shape index (κ3) is 2.58. The Morgan fingerprint density at radius 3 is 2.53 bits per heavy atom. The van der Waals surface area contributed by atoms with Gasteiger partial charge in [-0.1, -0.05) is 13.0 Å². The molecule has 0 aliphatic heterocycles. The lowest BCUT2D eigenvalue weighted by molar-refractivity contribution is -0.115. The van der Waals surface area contributed by atoms with Gasteiger partial charge in [-0.3, -0.25) is 5.41 Å². The maximum absolute atomic E-state index is 6.11. The first-order valence-corrected chi connectivity index (χ1v) is 5.50. The summed E-state index contributed by atoms with van der Waals surface area (Å²) in [5, 5.41) is 9.33. The van der Waals surface area contributed by atoms with Crippen LogP contribution in [0.3, 0.4) is 0 Å². The van der Waals surface area contributed by atoms with Crippen LogP contribution in [0.25, 0.3) is 0 Å². The molecule has 0 unspecified atom stereocenters. The minimum Gasteiger partial charge on any atom is -0.387 e. The molecule has 2 heteroatoms. The zero-order chi connectivity index (χ0) is 11.4. The second-order valence-corrected chi connectivity index (χ2v) is 4.03. The molecular formula is C13H21N2+.